The Morgan fingerprint density at radius 3 is 2.37 bits per heavy atom. The molecule has 4 aromatic rings. The van der Waals surface area contributed by atoms with E-state index in [1.165, 1.54) is 6.07 Å². The number of likely N-dealkylation sites (N-methyl/N-ethyl adjacent to an activating group) is 1. The van der Waals surface area contributed by atoms with Gasteiger partial charge in [-0.1, -0.05) is 53.5 Å². The van der Waals surface area contributed by atoms with Gasteiger partial charge in [-0.05, 0) is 66.7 Å². The molecule has 1 aromatic heterocycles. The summed E-state index contributed by atoms with van der Waals surface area (Å²) in [6.07, 6.45) is -3.06. The van der Waals surface area contributed by atoms with Gasteiger partial charge in [-0.3, -0.25) is 14.7 Å². The van der Waals surface area contributed by atoms with Crippen molar-refractivity contribution < 1.29 is 22.4 Å². The molecule has 0 radical (unpaired) electrons. The van der Waals surface area contributed by atoms with Crippen LogP contribution >= 0.6 is 23.2 Å². The second-order valence-corrected chi connectivity index (χ2v) is 10.9. The van der Waals surface area contributed by atoms with Crippen molar-refractivity contribution in [3.05, 3.63) is 123 Å². The van der Waals surface area contributed by atoms with Crippen molar-refractivity contribution in [1.82, 2.24) is 14.8 Å². The van der Waals surface area contributed by atoms with E-state index in [9.17, 15) is 22.4 Å². The summed E-state index contributed by atoms with van der Waals surface area (Å²) in [5, 5.41) is 0.782. The smallest absolute Gasteiger partial charge is 0.336 e. The lowest BCUT2D eigenvalue weighted by Crippen LogP contribution is -2.38. The van der Waals surface area contributed by atoms with E-state index in [0.29, 0.717) is 34.3 Å². The first-order valence-corrected chi connectivity index (χ1v) is 13.6. The van der Waals surface area contributed by atoms with Crippen LogP contribution in [0.3, 0.4) is 0 Å². The predicted octanol–water partition coefficient (Wildman–Crippen LogP) is 7.95. The number of nitrogens with zero attached hydrogens (tertiary/aromatic N) is 3. The Kier molecular flexibility index (Phi) is 8.36. The van der Waals surface area contributed by atoms with Crippen molar-refractivity contribution in [1.29, 1.82) is 0 Å². The number of benzene rings is 3. The molecule has 1 fully saturated rings. The second-order valence-electron chi connectivity index (χ2n) is 10.1. The topological polar surface area (TPSA) is 36.4 Å². The van der Waals surface area contributed by atoms with Crippen LogP contribution in [0, 0.1) is 5.82 Å². The van der Waals surface area contributed by atoms with Crippen molar-refractivity contribution in [3.63, 3.8) is 0 Å². The summed E-state index contributed by atoms with van der Waals surface area (Å²) in [5.41, 5.74) is 2.17. The standard InChI is InChI=1S/C31H25Cl2F4N3O/c1-39(16-19-5-11-24(27(34)14-19)31(35,36)37)29-18-40(17-23(29)22-10-12-25(32)26(33)15-22)30(41)21-8-6-20(7-9-21)28-4-2-3-13-38-28/h2-15,23,29H,16-18H2,1H3/t23-,29?/m1/s1. The zero-order chi connectivity index (χ0) is 29.3. The summed E-state index contributed by atoms with van der Waals surface area (Å²) in [6.45, 7) is 0.916. The van der Waals surface area contributed by atoms with Gasteiger partial charge in [0, 0.05) is 48.9 Å². The molecule has 1 unspecified atom stereocenters. The van der Waals surface area contributed by atoms with Gasteiger partial charge in [0.25, 0.3) is 5.91 Å². The van der Waals surface area contributed by atoms with Crippen molar-refractivity contribution in [2.75, 3.05) is 20.1 Å². The van der Waals surface area contributed by atoms with Gasteiger partial charge in [-0.25, -0.2) is 4.39 Å². The third kappa shape index (κ3) is 6.40. The van der Waals surface area contributed by atoms with Gasteiger partial charge in [0.05, 0.1) is 21.3 Å². The minimum Gasteiger partial charge on any atom is -0.336 e. The molecule has 41 heavy (non-hydrogen) atoms. The highest BCUT2D eigenvalue weighted by atomic mass is 35.5. The maximum Gasteiger partial charge on any atom is 0.419 e. The first-order valence-electron chi connectivity index (χ1n) is 12.8. The van der Waals surface area contributed by atoms with Crippen LogP contribution in [-0.4, -0.2) is 46.9 Å². The molecule has 1 aliphatic heterocycles. The van der Waals surface area contributed by atoms with Crippen LogP contribution in [0.25, 0.3) is 11.3 Å². The summed E-state index contributed by atoms with van der Waals surface area (Å²) in [6, 6.07) is 20.9. The first-order chi connectivity index (χ1) is 19.5. The van der Waals surface area contributed by atoms with Gasteiger partial charge in [-0.2, -0.15) is 13.2 Å². The van der Waals surface area contributed by atoms with E-state index in [2.05, 4.69) is 4.98 Å². The number of alkyl halides is 3. The largest absolute Gasteiger partial charge is 0.419 e. The number of rotatable bonds is 6. The number of carbonyl (C=O) groups is 1. The van der Waals surface area contributed by atoms with Gasteiger partial charge in [0.15, 0.2) is 0 Å². The Bertz CT molecular complexity index is 1550. The second kappa shape index (κ2) is 11.8. The molecule has 1 aliphatic rings. The number of hydrogen-bond donors (Lipinski definition) is 0. The lowest BCUT2D eigenvalue weighted by atomic mass is 9.93. The van der Waals surface area contributed by atoms with Gasteiger partial charge in [-0.15, -0.1) is 0 Å². The van der Waals surface area contributed by atoms with Crippen molar-refractivity contribution >= 4 is 29.1 Å². The molecule has 0 aliphatic carbocycles. The van der Waals surface area contributed by atoms with Crippen LogP contribution < -0.4 is 0 Å². The normalized spacial score (nSPS) is 17.3. The van der Waals surface area contributed by atoms with Crippen LogP contribution in [0.5, 0.6) is 0 Å². The number of pyridine rings is 1. The van der Waals surface area contributed by atoms with Crippen LogP contribution in [0.1, 0.15) is 33.0 Å². The fourth-order valence-electron chi connectivity index (χ4n) is 5.26. The predicted molar refractivity (Wildman–Crippen MR) is 151 cm³/mol. The van der Waals surface area contributed by atoms with Crippen molar-refractivity contribution in [2.24, 2.45) is 0 Å². The Morgan fingerprint density at radius 2 is 1.73 bits per heavy atom. The minimum atomic E-state index is -4.77. The van der Waals surface area contributed by atoms with E-state index < -0.39 is 17.6 Å². The third-order valence-corrected chi connectivity index (χ3v) is 8.12. The molecule has 0 N–H and O–H groups in total. The highest BCUT2D eigenvalue weighted by Gasteiger charge is 2.39. The van der Waals surface area contributed by atoms with Gasteiger partial charge >= 0.3 is 6.18 Å². The Balaban J connectivity index is 1.39. The zero-order valence-corrected chi connectivity index (χ0v) is 23.4. The quantitative estimate of drug-likeness (QED) is 0.210. The molecule has 2 atom stereocenters. The molecule has 3 aromatic carbocycles. The monoisotopic (exact) mass is 601 g/mol. The van der Waals surface area contributed by atoms with Crippen LogP contribution in [0.2, 0.25) is 10.0 Å². The number of halogens is 6. The molecule has 1 saturated heterocycles. The van der Waals surface area contributed by atoms with Crippen molar-refractivity contribution in [3.8, 4) is 11.3 Å². The molecule has 10 heteroatoms. The Morgan fingerprint density at radius 1 is 0.976 bits per heavy atom. The highest BCUT2D eigenvalue weighted by molar-refractivity contribution is 6.42. The van der Waals surface area contributed by atoms with Gasteiger partial charge in [0.1, 0.15) is 5.82 Å². The fourth-order valence-corrected chi connectivity index (χ4v) is 5.57. The Labute approximate surface area is 245 Å². The summed E-state index contributed by atoms with van der Waals surface area (Å²) in [5.74, 6) is -1.65. The number of hydrogen-bond acceptors (Lipinski definition) is 3. The molecule has 212 valence electrons. The van der Waals surface area contributed by atoms with Gasteiger partial charge in [0.2, 0.25) is 0 Å². The summed E-state index contributed by atoms with van der Waals surface area (Å²) >= 11 is 12.5. The van der Waals surface area contributed by atoms with Crippen LogP contribution in [-0.2, 0) is 12.7 Å². The fraction of sp³-hybridized carbons (Fsp3) is 0.226. The summed E-state index contributed by atoms with van der Waals surface area (Å²) < 4.78 is 53.4. The molecule has 4 nitrogen and oxygen atoms in total. The van der Waals surface area contributed by atoms with Crippen molar-refractivity contribution in [2.45, 2.75) is 24.7 Å². The first kappa shape index (κ1) is 29.0. The SMILES string of the molecule is CN(Cc1ccc(C(F)(F)F)c(F)c1)C1CN(C(=O)c2ccc(-c3ccccn3)cc2)C[C@@H]1c1ccc(Cl)c(Cl)c1. The van der Waals surface area contributed by atoms with Gasteiger partial charge < -0.3 is 4.90 Å². The molecule has 0 saturated carbocycles. The molecule has 0 spiro atoms. The Hall–Kier alpha value is -3.46. The maximum absolute atomic E-state index is 14.3. The average Bonchev–Trinajstić information content (AvgIpc) is 3.40. The third-order valence-electron chi connectivity index (χ3n) is 7.38. The van der Waals surface area contributed by atoms with Crippen LogP contribution in [0.4, 0.5) is 17.6 Å². The lowest BCUT2D eigenvalue weighted by molar-refractivity contribution is -0.140. The number of carbonyl (C=O) groups excluding carboxylic acids is 1. The number of likely N-dealkylation sites (tertiary alicyclic amines) is 1. The molecule has 2 heterocycles. The highest BCUT2D eigenvalue weighted by Crippen LogP contribution is 2.36. The molecular weight excluding hydrogens is 577 g/mol. The summed E-state index contributed by atoms with van der Waals surface area (Å²) in [7, 11) is 1.81. The van der Waals surface area contributed by atoms with E-state index in [-0.39, 0.29) is 24.4 Å². The average molecular weight is 602 g/mol. The van der Waals surface area contributed by atoms with E-state index in [1.54, 1.807) is 42.4 Å². The van der Waals surface area contributed by atoms with E-state index in [0.717, 1.165) is 29.0 Å². The lowest BCUT2D eigenvalue weighted by Gasteiger charge is -2.29. The molecule has 5 rings (SSSR count). The maximum atomic E-state index is 14.3. The number of amides is 1. The molecule has 0 bridgehead atoms. The summed E-state index contributed by atoms with van der Waals surface area (Å²) in [4.78, 5) is 21.6. The molecular formula is C31H25Cl2F4N3O. The number of aromatic nitrogens is 1. The van der Waals surface area contributed by atoms with Crippen LogP contribution in [0.15, 0.2) is 85.1 Å². The molecule has 1 amide bonds. The van der Waals surface area contributed by atoms with E-state index in [4.69, 9.17) is 23.2 Å². The minimum absolute atomic E-state index is 0.154. The van der Waals surface area contributed by atoms with E-state index in [1.807, 2.05) is 41.3 Å². The zero-order valence-electron chi connectivity index (χ0n) is 21.9. The van der Waals surface area contributed by atoms with E-state index >= 15 is 0 Å².